The molecule has 1 amide bonds. The number of hydrogen-bond donors (Lipinski definition) is 0. The first-order valence-corrected chi connectivity index (χ1v) is 11.9. The van der Waals surface area contributed by atoms with Crippen molar-refractivity contribution in [1.29, 1.82) is 0 Å². The normalized spacial score (nSPS) is 24.5. The number of fused-ring (bicyclic) bond motifs is 1. The molecular formula is C22H27N3O3S. The van der Waals surface area contributed by atoms with Crippen LogP contribution in [0.3, 0.4) is 0 Å². The lowest BCUT2D eigenvalue weighted by atomic mass is 10.1. The van der Waals surface area contributed by atoms with E-state index in [0.29, 0.717) is 45.4 Å². The molecule has 0 unspecified atom stereocenters. The predicted molar refractivity (Wildman–Crippen MR) is 112 cm³/mol. The second-order valence-electron chi connectivity index (χ2n) is 7.93. The van der Waals surface area contributed by atoms with Crippen LogP contribution in [-0.2, 0) is 27.6 Å². The number of hydrogen-bond acceptors (Lipinski definition) is 5. The predicted octanol–water partition coefficient (Wildman–Crippen LogP) is 1.91. The number of carbonyl (C=O) groups excluding carboxylic acids is 1. The zero-order chi connectivity index (χ0) is 20.3. The molecule has 0 spiro atoms. The maximum atomic E-state index is 12.8. The Bertz CT molecular complexity index is 934. The smallest absolute Gasteiger partial charge is 0.226 e. The maximum absolute atomic E-state index is 12.8. The van der Waals surface area contributed by atoms with Crippen LogP contribution in [0.5, 0.6) is 0 Å². The van der Waals surface area contributed by atoms with Gasteiger partial charge in [-0.25, -0.2) is 8.42 Å². The minimum atomic E-state index is -3.14. The third-order valence-electron chi connectivity index (χ3n) is 6.06. The van der Waals surface area contributed by atoms with E-state index in [2.05, 4.69) is 9.88 Å². The Balaban J connectivity index is 1.48. The van der Waals surface area contributed by atoms with Crippen LogP contribution in [0.1, 0.15) is 24.0 Å². The lowest BCUT2D eigenvalue weighted by Gasteiger charge is -2.40. The molecule has 3 heterocycles. The number of carbonyl (C=O) groups is 1. The van der Waals surface area contributed by atoms with Crippen LogP contribution in [-0.4, -0.2) is 65.8 Å². The van der Waals surface area contributed by atoms with Gasteiger partial charge in [-0.15, -0.1) is 0 Å². The van der Waals surface area contributed by atoms with Gasteiger partial charge in [0.05, 0.1) is 17.4 Å². The number of nitrogens with zero attached hydrogens (tertiary/aromatic N) is 3. The fourth-order valence-electron chi connectivity index (χ4n) is 4.51. The van der Waals surface area contributed by atoms with E-state index in [1.54, 1.807) is 6.20 Å². The summed E-state index contributed by atoms with van der Waals surface area (Å²) in [6.07, 6.45) is 5.14. The summed E-state index contributed by atoms with van der Waals surface area (Å²) in [5.41, 5.74) is 2.08. The summed E-state index contributed by atoms with van der Waals surface area (Å²) in [4.78, 5) is 21.1. The lowest BCUT2D eigenvalue weighted by Crippen LogP contribution is -2.54. The number of likely N-dealkylation sites (tertiary alicyclic amines) is 1. The molecule has 0 N–H and O–H groups in total. The van der Waals surface area contributed by atoms with E-state index in [1.165, 1.54) is 0 Å². The summed E-state index contributed by atoms with van der Waals surface area (Å²) in [6.45, 7) is 2.34. The molecule has 1 aromatic carbocycles. The molecule has 4 rings (SSSR count). The van der Waals surface area contributed by atoms with Gasteiger partial charge in [-0.2, -0.15) is 0 Å². The van der Waals surface area contributed by atoms with Gasteiger partial charge in [-0.05, 0) is 30.0 Å². The third kappa shape index (κ3) is 4.67. The molecule has 2 atom stereocenters. The van der Waals surface area contributed by atoms with Crippen molar-refractivity contribution in [1.82, 2.24) is 14.8 Å². The van der Waals surface area contributed by atoms with E-state index in [4.69, 9.17) is 0 Å². The zero-order valence-electron chi connectivity index (χ0n) is 16.5. The second kappa shape index (κ2) is 8.63. The largest absolute Gasteiger partial charge is 0.342 e. The Labute approximate surface area is 172 Å². The third-order valence-corrected chi connectivity index (χ3v) is 8.28. The van der Waals surface area contributed by atoms with Crippen LogP contribution in [0, 0.1) is 0 Å². The van der Waals surface area contributed by atoms with E-state index in [9.17, 15) is 13.2 Å². The van der Waals surface area contributed by atoms with Crippen LogP contribution in [0.4, 0.5) is 0 Å². The highest BCUT2D eigenvalue weighted by molar-refractivity contribution is 7.92. The molecule has 2 saturated heterocycles. The van der Waals surface area contributed by atoms with Gasteiger partial charge in [0.2, 0.25) is 5.91 Å². The minimum Gasteiger partial charge on any atom is -0.342 e. The van der Waals surface area contributed by atoms with Crippen molar-refractivity contribution in [2.24, 2.45) is 0 Å². The number of benzene rings is 1. The molecule has 2 aromatic rings. The summed E-state index contributed by atoms with van der Waals surface area (Å²) in [7, 11) is -3.14. The summed E-state index contributed by atoms with van der Waals surface area (Å²) in [5.74, 6) is 0.262. The lowest BCUT2D eigenvalue weighted by molar-refractivity contribution is -0.130. The number of sulfone groups is 1. The van der Waals surface area contributed by atoms with Crippen molar-refractivity contribution in [2.75, 3.05) is 25.4 Å². The number of amides is 1. The van der Waals surface area contributed by atoms with Gasteiger partial charge in [0.15, 0.2) is 9.84 Å². The SMILES string of the molecule is O=C(Cc1ccccc1)N1CC[C@@H]2[C@H](CC1)N(Cc1cccnc1)CCS2(=O)=O. The van der Waals surface area contributed by atoms with Gasteiger partial charge < -0.3 is 4.90 Å². The molecule has 154 valence electrons. The first kappa shape index (κ1) is 20.0. The van der Waals surface area contributed by atoms with E-state index >= 15 is 0 Å². The van der Waals surface area contributed by atoms with Crippen LogP contribution >= 0.6 is 0 Å². The van der Waals surface area contributed by atoms with Crippen molar-refractivity contribution in [2.45, 2.75) is 37.1 Å². The van der Waals surface area contributed by atoms with Gasteiger partial charge in [0, 0.05) is 44.6 Å². The van der Waals surface area contributed by atoms with E-state index < -0.39 is 15.1 Å². The summed E-state index contributed by atoms with van der Waals surface area (Å²) < 4.78 is 25.6. The Hall–Kier alpha value is -2.25. The highest BCUT2D eigenvalue weighted by Crippen LogP contribution is 2.29. The number of aromatic nitrogens is 1. The van der Waals surface area contributed by atoms with Gasteiger partial charge >= 0.3 is 0 Å². The van der Waals surface area contributed by atoms with Crippen molar-refractivity contribution >= 4 is 15.7 Å². The Kier molecular flexibility index (Phi) is 5.96. The highest BCUT2D eigenvalue weighted by Gasteiger charge is 2.43. The number of rotatable bonds is 4. The standard InChI is InChI=1S/C22H27N3O3S/c26-22(15-18-5-2-1-3-6-18)24-11-8-20-21(9-12-24)29(27,28)14-13-25(20)17-19-7-4-10-23-16-19/h1-7,10,16,20-21H,8-9,11-15,17H2/t20-,21+/m0/s1. The molecule has 0 saturated carbocycles. The van der Waals surface area contributed by atoms with Crippen LogP contribution < -0.4 is 0 Å². The highest BCUT2D eigenvalue weighted by atomic mass is 32.2. The Morgan fingerprint density at radius 3 is 2.52 bits per heavy atom. The van der Waals surface area contributed by atoms with Gasteiger partial charge in [-0.3, -0.25) is 14.7 Å². The van der Waals surface area contributed by atoms with Gasteiger partial charge in [0.1, 0.15) is 0 Å². The number of pyridine rings is 1. The van der Waals surface area contributed by atoms with Crippen molar-refractivity contribution in [3.8, 4) is 0 Å². The summed E-state index contributed by atoms with van der Waals surface area (Å²) in [5, 5.41) is -0.401. The minimum absolute atomic E-state index is 0.0523. The fourth-order valence-corrected chi connectivity index (χ4v) is 6.56. The summed E-state index contributed by atoms with van der Waals surface area (Å²) >= 11 is 0. The maximum Gasteiger partial charge on any atom is 0.226 e. The first-order chi connectivity index (χ1) is 14.0. The molecular weight excluding hydrogens is 386 g/mol. The topological polar surface area (TPSA) is 70.6 Å². The second-order valence-corrected chi connectivity index (χ2v) is 10.3. The molecule has 7 heteroatoms. The molecule has 0 radical (unpaired) electrons. The van der Waals surface area contributed by atoms with Crippen LogP contribution in [0.2, 0.25) is 0 Å². The molecule has 6 nitrogen and oxygen atoms in total. The van der Waals surface area contributed by atoms with E-state index in [0.717, 1.165) is 11.1 Å². The average molecular weight is 414 g/mol. The molecule has 1 aromatic heterocycles. The molecule has 29 heavy (non-hydrogen) atoms. The molecule has 0 bridgehead atoms. The van der Waals surface area contributed by atoms with Crippen molar-refractivity contribution in [3.05, 3.63) is 66.0 Å². The van der Waals surface area contributed by atoms with E-state index in [-0.39, 0.29) is 17.7 Å². The monoisotopic (exact) mass is 413 g/mol. The van der Waals surface area contributed by atoms with Gasteiger partial charge in [0.25, 0.3) is 0 Å². The Morgan fingerprint density at radius 1 is 1.00 bits per heavy atom. The molecule has 2 aliphatic heterocycles. The van der Waals surface area contributed by atoms with Crippen LogP contribution in [0.25, 0.3) is 0 Å². The van der Waals surface area contributed by atoms with Crippen molar-refractivity contribution in [3.63, 3.8) is 0 Å². The fraction of sp³-hybridized carbons (Fsp3) is 0.455. The molecule has 2 aliphatic rings. The summed E-state index contributed by atoms with van der Waals surface area (Å²) in [6, 6.07) is 13.6. The zero-order valence-corrected chi connectivity index (χ0v) is 17.3. The molecule has 2 fully saturated rings. The quantitative estimate of drug-likeness (QED) is 0.766. The van der Waals surface area contributed by atoms with Crippen LogP contribution in [0.15, 0.2) is 54.9 Å². The van der Waals surface area contributed by atoms with Crippen molar-refractivity contribution < 1.29 is 13.2 Å². The molecule has 0 aliphatic carbocycles. The first-order valence-electron chi connectivity index (χ1n) is 10.2. The van der Waals surface area contributed by atoms with Gasteiger partial charge in [-0.1, -0.05) is 36.4 Å². The van der Waals surface area contributed by atoms with E-state index in [1.807, 2.05) is 53.6 Å². The Morgan fingerprint density at radius 2 is 1.76 bits per heavy atom. The average Bonchev–Trinajstić information content (AvgIpc) is 2.96.